The van der Waals surface area contributed by atoms with Crippen molar-refractivity contribution in [3.8, 4) is 0 Å². The van der Waals surface area contributed by atoms with Gasteiger partial charge in [-0.3, -0.25) is 0 Å². The van der Waals surface area contributed by atoms with E-state index in [1.54, 1.807) is 16.7 Å². The summed E-state index contributed by atoms with van der Waals surface area (Å²) in [5, 5.41) is 10.3. The first-order valence-corrected chi connectivity index (χ1v) is 8.47. The van der Waals surface area contributed by atoms with Crippen LogP contribution in [0, 0.1) is 11.7 Å². The third-order valence-electron chi connectivity index (χ3n) is 4.69. The molecule has 1 aliphatic rings. The van der Waals surface area contributed by atoms with Gasteiger partial charge < -0.3 is 14.6 Å². The minimum absolute atomic E-state index is 0.184. The molecule has 0 aliphatic carbocycles. The third-order valence-corrected chi connectivity index (χ3v) is 4.69. The van der Waals surface area contributed by atoms with Crippen LogP contribution in [0.5, 0.6) is 0 Å². The highest BCUT2D eigenvalue weighted by atomic mass is 19.4. The Bertz CT molecular complexity index is 742. The number of alkyl halides is 3. The van der Waals surface area contributed by atoms with E-state index in [4.69, 9.17) is 0 Å². The number of aliphatic hydroxyl groups is 1. The van der Waals surface area contributed by atoms with Crippen LogP contribution in [0.2, 0.25) is 0 Å². The molecule has 2 atom stereocenters. The lowest BCUT2D eigenvalue weighted by molar-refractivity contribution is -0.141. The van der Waals surface area contributed by atoms with Crippen LogP contribution in [0.1, 0.15) is 29.6 Å². The maximum absolute atomic E-state index is 12.9. The molecule has 1 N–H and O–H groups in total. The number of fused-ring (bicyclic) bond motifs is 1. The Kier molecular flexibility index (Phi) is 5.34. The molecular weight excluding hydrogens is 350 g/mol. The third kappa shape index (κ3) is 4.42. The van der Waals surface area contributed by atoms with Crippen LogP contribution in [0.15, 0.2) is 30.5 Å². The Hall–Kier alpha value is -1.93. The molecule has 2 aromatic rings. The predicted octanol–water partition coefficient (Wildman–Crippen LogP) is 3.27. The average molecular weight is 371 g/mol. The second-order valence-electron chi connectivity index (χ2n) is 6.89. The maximum atomic E-state index is 12.9. The van der Waals surface area contributed by atoms with Crippen LogP contribution in [0.4, 0.5) is 17.6 Å². The van der Waals surface area contributed by atoms with Crippen molar-refractivity contribution in [2.75, 3.05) is 20.1 Å². The Morgan fingerprint density at radius 2 is 2.00 bits per heavy atom. The predicted molar refractivity (Wildman–Crippen MR) is 87.9 cm³/mol. The van der Waals surface area contributed by atoms with Gasteiger partial charge in [-0.15, -0.1) is 0 Å². The standard InChI is InChI=1S/C18H21F4N3O/c1-24(10-15(26)13-3-5-14(19)6-4-13)8-12-2-7-17-23-16(18(20,21)22)11-25(17)9-12/h3-6,11-12,15,26H,2,7-10H2,1H3/t12-,15-/m1/s1. The Morgan fingerprint density at radius 1 is 1.31 bits per heavy atom. The number of nitrogens with zero attached hydrogens (tertiary/aromatic N) is 3. The molecule has 0 radical (unpaired) electrons. The quantitative estimate of drug-likeness (QED) is 0.821. The van der Waals surface area contributed by atoms with Crippen molar-refractivity contribution in [2.24, 2.45) is 5.92 Å². The second kappa shape index (κ2) is 7.36. The summed E-state index contributed by atoms with van der Waals surface area (Å²) >= 11 is 0. The molecule has 3 rings (SSSR count). The van der Waals surface area contributed by atoms with Gasteiger partial charge in [-0.25, -0.2) is 9.37 Å². The van der Waals surface area contributed by atoms with Gasteiger partial charge in [-0.2, -0.15) is 13.2 Å². The highest BCUT2D eigenvalue weighted by Crippen LogP contribution is 2.31. The van der Waals surface area contributed by atoms with Gasteiger partial charge in [0.25, 0.3) is 0 Å². The summed E-state index contributed by atoms with van der Waals surface area (Å²) in [5.74, 6) is 0.302. The Morgan fingerprint density at radius 3 is 2.65 bits per heavy atom. The molecule has 4 nitrogen and oxygen atoms in total. The zero-order valence-electron chi connectivity index (χ0n) is 14.4. The molecule has 142 valence electrons. The van der Waals surface area contributed by atoms with Crippen LogP contribution >= 0.6 is 0 Å². The van der Waals surface area contributed by atoms with E-state index in [0.29, 0.717) is 37.4 Å². The van der Waals surface area contributed by atoms with Gasteiger partial charge in [0.2, 0.25) is 0 Å². The summed E-state index contributed by atoms with van der Waals surface area (Å²) in [6.45, 7) is 1.50. The minimum atomic E-state index is -4.42. The number of rotatable bonds is 5. The molecule has 2 heterocycles. The summed E-state index contributed by atoms with van der Waals surface area (Å²) in [5.41, 5.74) is -0.207. The van der Waals surface area contributed by atoms with Crippen LogP contribution in [0.3, 0.4) is 0 Å². The highest BCUT2D eigenvalue weighted by molar-refractivity contribution is 5.18. The van der Waals surface area contributed by atoms with Gasteiger partial charge in [0, 0.05) is 32.3 Å². The monoisotopic (exact) mass is 371 g/mol. The van der Waals surface area contributed by atoms with E-state index in [2.05, 4.69) is 4.98 Å². The van der Waals surface area contributed by atoms with Gasteiger partial charge in [-0.05, 0) is 37.1 Å². The molecule has 0 saturated heterocycles. The lowest BCUT2D eigenvalue weighted by Gasteiger charge is -2.29. The van der Waals surface area contributed by atoms with Crippen molar-refractivity contribution in [1.82, 2.24) is 14.5 Å². The number of aliphatic hydroxyl groups excluding tert-OH is 1. The fraction of sp³-hybridized carbons (Fsp3) is 0.500. The van der Waals surface area contributed by atoms with Gasteiger partial charge in [-0.1, -0.05) is 12.1 Å². The first-order valence-electron chi connectivity index (χ1n) is 8.47. The van der Waals surface area contributed by atoms with Crippen molar-refractivity contribution < 1.29 is 22.7 Å². The van der Waals surface area contributed by atoms with E-state index >= 15 is 0 Å². The zero-order valence-corrected chi connectivity index (χ0v) is 14.4. The van der Waals surface area contributed by atoms with E-state index < -0.39 is 18.0 Å². The fourth-order valence-electron chi connectivity index (χ4n) is 3.40. The Labute approximate surface area is 149 Å². The second-order valence-corrected chi connectivity index (χ2v) is 6.89. The molecule has 1 aromatic heterocycles. The van der Waals surface area contributed by atoms with Gasteiger partial charge in [0.05, 0.1) is 6.10 Å². The zero-order chi connectivity index (χ0) is 18.9. The highest BCUT2D eigenvalue weighted by Gasteiger charge is 2.35. The molecule has 0 bridgehead atoms. The molecule has 26 heavy (non-hydrogen) atoms. The first-order chi connectivity index (χ1) is 12.2. The van der Waals surface area contributed by atoms with Crippen molar-refractivity contribution in [2.45, 2.75) is 31.7 Å². The molecular formula is C18H21F4N3O. The lowest BCUT2D eigenvalue weighted by Crippen LogP contribution is -2.33. The molecule has 1 aliphatic heterocycles. The summed E-state index contributed by atoms with van der Waals surface area (Å²) in [6, 6.07) is 5.70. The van der Waals surface area contributed by atoms with E-state index in [0.717, 1.165) is 12.6 Å². The lowest BCUT2D eigenvalue weighted by atomic mass is 9.98. The number of aryl methyl sites for hydroxylation is 1. The van der Waals surface area contributed by atoms with Crippen LogP contribution < -0.4 is 0 Å². The SMILES string of the molecule is CN(C[C@H]1CCc2nc(C(F)(F)F)cn2C1)C[C@@H](O)c1ccc(F)cc1. The number of hydrogen-bond acceptors (Lipinski definition) is 3. The van der Waals surface area contributed by atoms with E-state index in [-0.39, 0.29) is 11.7 Å². The number of benzene rings is 1. The smallest absolute Gasteiger partial charge is 0.387 e. The number of imidazole rings is 1. The number of likely N-dealkylation sites (N-methyl/N-ethyl adjacent to an activating group) is 1. The molecule has 0 fully saturated rings. The van der Waals surface area contributed by atoms with Crippen molar-refractivity contribution in [3.63, 3.8) is 0 Å². The Balaban J connectivity index is 1.56. The van der Waals surface area contributed by atoms with E-state index in [1.807, 2.05) is 11.9 Å². The maximum Gasteiger partial charge on any atom is 0.434 e. The molecule has 0 amide bonds. The van der Waals surface area contributed by atoms with Crippen molar-refractivity contribution in [1.29, 1.82) is 0 Å². The van der Waals surface area contributed by atoms with Gasteiger partial charge in [0.1, 0.15) is 11.6 Å². The topological polar surface area (TPSA) is 41.3 Å². The van der Waals surface area contributed by atoms with Crippen LogP contribution in [-0.4, -0.2) is 39.7 Å². The van der Waals surface area contributed by atoms with E-state index in [1.165, 1.54) is 12.1 Å². The first kappa shape index (κ1) is 18.8. The normalized spacial score (nSPS) is 18.8. The summed E-state index contributed by atoms with van der Waals surface area (Å²) < 4.78 is 52.9. The largest absolute Gasteiger partial charge is 0.434 e. The molecule has 8 heteroatoms. The number of halogens is 4. The number of aromatic nitrogens is 2. The fourth-order valence-corrected chi connectivity index (χ4v) is 3.40. The van der Waals surface area contributed by atoms with E-state index in [9.17, 15) is 22.7 Å². The molecule has 0 saturated carbocycles. The number of hydrogen-bond donors (Lipinski definition) is 1. The van der Waals surface area contributed by atoms with Crippen molar-refractivity contribution in [3.05, 3.63) is 53.4 Å². The average Bonchev–Trinajstić information content (AvgIpc) is 2.99. The molecule has 0 unspecified atom stereocenters. The van der Waals surface area contributed by atoms with Crippen LogP contribution in [-0.2, 0) is 19.1 Å². The van der Waals surface area contributed by atoms with Crippen LogP contribution in [0.25, 0.3) is 0 Å². The summed E-state index contributed by atoms with van der Waals surface area (Å²) in [7, 11) is 1.86. The summed E-state index contributed by atoms with van der Waals surface area (Å²) in [4.78, 5) is 5.63. The molecule has 1 aromatic carbocycles. The van der Waals surface area contributed by atoms with Crippen molar-refractivity contribution >= 4 is 0 Å². The van der Waals surface area contributed by atoms with Gasteiger partial charge >= 0.3 is 6.18 Å². The summed E-state index contributed by atoms with van der Waals surface area (Å²) in [6.07, 6.45) is -2.82. The minimum Gasteiger partial charge on any atom is -0.387 e. The molecule has 0 spiro atoms. The van der Waals surface area contributed by atoms with Gasteiger partial charge in [0.15, 0.2) is 5.69 Å².